The topological polar surface area (TPSA) is 0 Å². The Bertz CT molecular complexity index is 167. The average Bonchev–Trinajstić information content (AvgIpc) is 1.90. The van der Waals surface area contributed by atoms with E-state index in [9.17, 15) is 0 Å². The van der Waals surface area contributed by atoms with Crippen molar-refractivity contribution >= 4 is 0 Å². The average molecular weight is 207 g/mol. The minimum atomic E-state index is 0. The summed E-state index contributed by atoms with van der Waals surface area (Å²) in [4.78, 5) is 0. The van der Waals surface area contributed by atoms with E-state index in [0.29, 0.717) is 5.92 Å². The Labute approximate surface area is 87.9 Å². The van der Waals surface area contributed by atoms with E-state index in [0.717, 1.165) is 0 Å². The molecule has 51 valence electrons. The summed E-state index contributed by atoms with van der Waals surface area (Å²) in [5, 5.41) is 0. The van der Waals surface area contributed by atoms with Gasteiger partial charge in [0, 0.05) is 32.7 Å². The summed E-state index contributed by atoms with van der Waals surface area (Å²) in [5.41, 5.74) is 1.18. The summed E-state index contributed by atoms with van der Waals surface area (Å²) in [7, 11) is 0. The third-order valence-electron chi connectivity index (χ3n) is 1.26. The first kappa shape index (κ1) is 10.3. The molecule has 0 aliphatic rings. The minimum absolute atomic E-state index is 0. The molecule has 1 heteroatoms. The molecule has 1 aromatic carbocycles. The minimum Gasteiger partial charge on any atom is -0.338 e. The maximum absolute atomic E-state index is 3.88. The first-order valence-electron chi connectivity index (χ1n) is 3.10. The van der Waals surface area contributed by atoms with Crippen LogP contribution >= 0.6 is 0 Å². The zero-order valence-corrected chi connectivity index (χ0v) is 9.01. The van der Waals surface area contributed by atoms with E-state index in [1.807, 2.05) is 24.3 Å². The normalized spacial score (nSPS) is 11.8. The molecule has 0 N–H and O–H groups in total. The fourth-order valence-electron chi connectivity index (χ4n) is 0.714. The molecule has 0 aromatic heterocycles. The van der Waals surface area contributed by atoms with E-state index >= 15 is 0 Å². The van der Waals surface area contributed by atoms with Gasteiger partial charge < -0.3 is 6.92 Å². The van der Waals surface area contributed by atoms with Gasteiger partial charge in [-0.15, -0.1) is 0 Å². The molecule has 1 aromatic rings. The van der Waals surface area contributed by atoms with Crippen LogP contribution in [0, 0.1) is 13.0 Å². The van der Waals surface area contributed by atoms with Crippen molar-refractivity contribution in [2.24, 2.45) is 0 Å². The summed E-state index contributed by atoms with van der Waals surface area (Å²) < 4.78 is 0. The zero-order valence-electron chi connectivity index (χ0n) is 6.17. The van der Waals surface area contributed by atoms with Gasteiger partial charge in [-0.2, -0.15) is 41.8 Å². The monoisotopic (exact) mass is 207 g/mol. The fourth-order valence-corrected chi connectivity index (χ4v) is 0.714. The molecule has 0 aliphatic heterocycles. The van der Waals surface area contributed by atoms with Crippen molar-refractivity contribution in [2.45, 2.75) is 12.8 Å². The second kappa shape index (κ2) is 5.04. The Balaban J connectivity index is 0.000000810. The molecule has 1 radical (unpaired) electrons. The fraction of sp³-hybridized carbons (Fsp3) is 0.222. The Hall–Kier alpha value is 0.324. The summed E-state index contributed by atoms with van der Waals surface area (Å²) in [6.45, 7) is 5.94. The van der Waals surface area contributed by atoms with Crippen molar-refractivity contribution in [3.05, 3.63) is 42.8 Å². The van der Waals surface area contributed by atoms with Crippen LogP contribution in [0.25, 0.3) is 0 Å². The van der Waals surface area contributed by atoms with Gasteiger partial charge in [0.2, 0.25) is 0 Å². The molecular formula is C9H10Y-2. The summed E-state index contributed by atoms with van der Waals surface area (Å²) >= 11 is 0. The Morgan fingerprint density at radius 3 is 2.50 bits per heavy atom. The van der Waals surface area contributed by atoms with Crippen molar-refractivity contribution < 1.29 is 32.7 Å². The molecule has 0 saturated heterocycles. The van der Waals surface area contributed by atoms with E-state index in [1.165, 1.54) is 5.56 Å². The Morgan fingerprint density at radius 1 is 1.50 bits per heavy atom. The largest absolute Gasteiger partial charge is 0.338 e. The second-order valence-electron chi connectivity index (χ2n) is 2.22. The number of hydrogen-bond acceptors (Lipinski definition) is 0. The zero-order chi connectivity index (χ0) is 6.69. The summed E-state index contributed by atoms with van der Waals surface area (Å²) in [5.74, 6) is 0.353. The molecular weight excluding hydrogens is 197 g/mol. The van der Waals surface area contributed by atoms with Crippen LogP contribution in [-0.4, -0.2) is 0 Å². The van der Waals surface area contributed by atoms with E-state index in [1.54, 1.807) is 0 Å². The van der Waals surface area contributed by atoms with Gasteiger partial charge in [0.15, 0.2) is 0 Å². The Kier molecular flexibility index (Phi) is 5.20. The number of rotatable bonds is 1. The molecule has 10 heavy (non-hydrogen) atoms. The van der Waals surface area contributed by atoms with Crippen LogP contribution in [0.2, 0.25) is 0 Å². The van der Waals surface area contributed by atoms with Crippen LogP contribution < -0.4 is 0 Å². The van der Waals surface area contributed by atoms with Gasteiger partial charge in [-0.3, -0.25) is 0 Å². The summed E-state index contributed by atoms with van der Waals surface area (Å²) in [6.07, 6.45) is 0. The number of hydrogen-bond donors (Lipinski definition) is 0. The molecule has 1 atom stereocenters. The predicted octanol–water partition coefficient (Wildman–Crippen LogP) is 2.42. The van der Waals surface area contributed by atoms with E-state index < -0.39 is 0 Å². The van der Waals surface area contributed by atoms with E-state index in [2.05, 4.69) is 19.9 Å². The third kappa shape index (κ3) is 2.94. The van der Waals surface area contributed by atoms with Crippen LogP contribution in [0.3, 0.4) is 0 Å². The van der Waals surface area contributed by atoms with Gasteiger partial charge in [-0.25, -0.2) is 0 Å². The van der Waals surface area contributed by atoms with Crippen LogP contribution in [0.1, 0.15) is 18.4 Å². The number of benzene rings is 1. The first-order valence-corrected chi connectivity index (χ1v) is 3.10. The molecule has 0 nitrogen and oxygen atoms in total. The van der Waals surface area contributed by atoms with Crippen molar-refractivity contribution in [1.82, 2.24) is 0 Å². The Morgan fingerprint density at radius 2 is 2.20 bits per heavy atom. The smallest absolute Gasteiger partial charge is 0 e. The molecule has 1 rings (SSSR count). The van der Waals surface area contributed by atoms with Crippen LogP contribution in [0.5, 0.6) is 0 Å². The van der Waals surface area contributed by atoms with Gasteiger partial charge in [0.25, 0.3) is 0 Å². The van der Waals surface area contributed by atoms with Crippen LogP contribution in [0.15, 0.2) is 24.3 Å². The van der Waals surface area contributed by atoms with E-state index in [-0.39, 0.29) is 32.7 Å². The van der Waals surface area contributed by atoms with Crippen molar-refractivity contribution in [2.75, 3.05) is 0 Å². The molecule has 0 aliphatic carbocycles. The van der Waals surface area contributed by atoms with Gasteiger partial charge >= 0.3 is 0 Å². The van der Waals surface area contributed by atoms with Gasteiger partial charge in [0.1, 0.15) is 0 Å². The molecule has 0 spiro atoms. The SMILES string of the molecule is [CH2-]C(C)c1[c-]cccc1.[Y]. The van der Waals surface area contributed by atoms with Gasteiger partial charge in [-0.1, -0.05) is 6.92 Å². The summed E-state index contributed by atoms with van der Waals surface area (Å²) in [6, 6.07) is 11.0. The third-order valence-corrected chi connectivity index (χ3v) is 1.26. The van der Waals surface area contributed by atoms with Crippen molar-refractivity contribution in [3.8, 4) is 0 Å². The van der Waals surface area contributed by atoms with Gasteiger partial charge in [0.05, 0.1) is 0 Å². The van der Waals surface area contributed by atoms with Crippen molar-refractivity contribution in [1.29, 1.82) is 0 Å². The molecule has 0 amide bonds. The molecule has 0 fully saturated rings. The van der Waals surface area contributed by atoms with Gasteiger partial charge in [-0.05, 0) is 0 Å². The maximum Gasteiger partial charge on any atom is 0 e. The van der Waals surface area contributed by atoms with Crippen LogP contribution in [-0.2, 0) is 32.7 Å². The standard InChI is InChI=1S/C9H10.Y/c1-8(2)9-6-4-3-5-7-9;/h3-6,8H,1H2,2H3;/q-2;. The first-order chi connectivity index (χ1) is 4.30. The predicted molar refractivity (Wildman–Crippen MR) is 39.1 cm³/mol. The molecule has 0 saturated carbocycles. The van der Waals surface area contributed by atoms with Crippen LogP contribution in [0.4, 0.5) is 0 Å². The maximum atomic E-state index is 3.88. The quantitative estimate of drug-likeness (QED) is 0.620. The van der Waals surface area contributed by atoms with E-state index in [4.69, 9.17) is 0 Å². The molecule has 1 unspecified atom stereocenters. The molecule has 0 heterocycles. The van der Waals surface area contributed by atoms with Crippen molar-refractivity contribution in [3.63, 3.8) is 0 Å². The molecule has 0 bridgehead atoms. The second-order valence-corrected chi connectivity index (χ2v) is 2.22.